The number of hydrogen-bond acceptors (Lipinski definition) is 3. The van der Waals surface area contributed by atoms with Crippen LogP contribution in [0.2, 0.25) is 0 Å². The minimum Gasteiger partial charge on any atom is -0.335 e. The second-order valence-corrected chi connectivity index (χ2v) is 9.59. The van der Waals surface area contributed by atoms with Crippen molar-refractivity contribution >= 4 is 16.1 Å². The second kappa shape index (κ2) is 8.91. The maximum absolute atomic E-state index is 12.9. The van der Waals surface area contributed by atoms with Crippen molar-refractivity contribution < 1.29 is 26.4 Å². The number of halogens is 3. The molecule has 0 radical (unpaired) electrons. The molecule has 0 aromatic heterocycles. The van der Waals surface area contributed by atoms with Gasteiger partial charge in [-0.15, -0.1) is 0 Å². The topological polar surface area (TPSA) is 78.5 Å². The van der Waals surface area contributed by atoms with Crippen molar-refractivity contribution in [3.63, 3.8) is 0 Å². The number of urea groups is 1. The fourth-order valence-electron chi connectivity index (χ4n) is 3.88. The Morgan fingerprint density at radius 2 is 1.55 bits per heavy atom. The number of nitrogens with zero attached hydrogens (tertiary/aromatic N) is 1. The van der Waals surface area contributed by atoms with Gasteiger partial charge >= 0.3 is 12.2 Å². The highest BCUT2D eigenvalue weighted by Gasteiger charge is 2.34. The summed E-state index contributed by atoms with van der Waals surface area (Å²) >= 11 is 0. The molecule has 0 unspecified atom stereocenters. The molecular weight excluding hydrogens is 407 g/mol. The summed E-state index contributed by atoms with van der Waals surface area (Å²) in [6.07, 6.45) is 1.58. The van der Waals surface area contributed by atoms with Gasteiger partial charge in [-0.25, -0.2) is 13.2 Å². The number of sulfonamides is 1. The van der Waals surface area contributed by atoms with E-state index >= 15 is 0 Å². The summed E-state index contributed by atoms with van der Waals surface area (Å²) in [5.41, 5.74) is -0.991. The summed E-state index contributed by atoms with van der Waals surface area (Å²) in [7, 11) is -4.01. The van der Waals surface area contributed by atoms with Gasteiger partial charge in [0.1, 0.15) is 0 Å². The number of amides is 2. The van der Waals surface area contributed by atoms with E-state index in [0.717, 1.165) is 37.8 Å². The summed E-state index contributed by atoms with van der Waals surface area (Å²) < 4.78 is 65.3. The maximum Gasteiger partial charge on any atom is 0.416 e. The molecule has 1 saturated carbocycles. The third-order valence-electron chi connectivity index (χ3n) is 5.53. The number of rotatable bonds is 4. The van der Waals surface area contributed by atoms with E-state index in [1.165, 1.54) is 16.8 Å². The van der Waals surface area contributed by atoms with Crippen LogP contribution in [0.3, 0.4) is 0 Å². The van der Waals surface area contributed by atoms with Gasteiger partial charge in [0.25, 0.3) is 0 Å². The average Bonchev–Trinajstić information content (AvgIpc) is 2.68. The molecule has 6 nitrogen and oxygen atoms in total. The van der Waals surface area contributed by atoms with Gasteiger partial charge in [0, 0.05) is 25.2 Å². The summed E-state index contributed by atoms with van der Waals surface area (Å²) in [4.78, 5) is 11.8. The molecule has 0 bridgehead atoms. The Morgan fingerprint density at radius 1 is 0.966 bits per heavy atom. The van der Waals surface area contributed by atoms with E-state index in [-0.39, 0.29) is 36.1 Å². The first-order chi connectivity index (χ1) is 13.7. The highest BCUT2D eigenvalue weighted by Crippen LogP contribution is 2.31. The molecule has 2 fully saturated rings. The van der Waals surface area contributed by atoms with E-state index < -0.39 is 21.8 Å². The maximum atomic E-state index is 12.9. The smallest absolute Gasteiger partial charge is 0.335 e. The molecule has 2 N–H and O–H groups in total. The number of nitrogens with one attached hydrogen (secondary N) is 2. The zero-order valence-electron chi connectivity index (χ0n) is 16.0. The molecule has 0 atom stereocenters. The Morgan fingerprint density at radius 3 is 2.14 bits per heavy atom. The van der Waals surface area contributed by atoms with Crippen LogP contribution in [0.5, 0.6) is 0 Å². The van der Waals surface area contributed by atoms with Crippen molar-refractivity contribution in [2.75, 3.05) is 13.1 Å². The van der Waals surface area contributed by atoms with E-state index in [1.54, 1.807) is 0 Å². The molecule has 1 heterocycles. The van der Waals surface area contributed by atoms with Crippen LogP contribution in [0.4, 0.5) is 18.0 Å². The largest absolute Gasteiger partial charge is 0.416 e. The molecule has 10 heteroatoms. The molecule has 2 aliphatic rings. The molecule has 1 aromatic carbocycles. The van der Waals surface area contributed by atoms with Gasteiger partial charge < -0.3 is 10.6 Å². The molecule has 3 rings (SSSR count). The molecule has 1 aliphatic carbocycles. The Labute approximate surface area is 168 Å². The van der Waals surface area contributed by atoms with Crippen molar-refractivity contribution in [2.45, 2.75) is 68.1 Å². The lowest BCUT2D eigenvalue weighted by molar-refractivity contribution is -0.137. The van der Waals surface area contributed by atoms with Crippen LogP contribution < -0.4 is 10.6 Å². The van der Waals surface area contributed by atoms with Gasteiger partial charge in [0.05, 0.1) is 10.5 Å². The second-order valence-electron chi connectivity index (χ2n) is 7.66. The Kier molecular flexibility index (Phi) is 6.72. The lowest BCUT2D eigenvalue weighted by Gasteiger charge is -2.32. The number of benzene rings is 1. The van der Waals surface area contributed by atoms with E-state index in [2.05, 4.69) is 10.6 Å². The fraction of sp³-hybridized carbons (Fsp3) is 0.632. The molecule has 29 heavy (non-hydrogen) atoms. The number of alkyl halides is 3. The minimum atomic E-state index is -4.60. The molecule has 1 aliphatic heterocycles. The summed E-state index contributed by atoms with van der Waals surface area (Å²) in [5.74, 6) is 0. The van der Waals surface area contributed by atoms with Crippen LogP contribution in [-0.2, 0) is 16.2 Å². The van der Waals surface area contributed by atoms with E-state index in [9.17, 15) is 26.4 Å². The standard InChI is InChI=1S/C19H26F3N3O3S/c20-19(21,22)14-5-4-8-17(13-14)29(27,28)25-11-9-16(10-12-25)24-18(26)23-15-6-2-1-3-7-15/h4-5,8,13,15-16H,1-3,6-7,9-12H2,(H2,23,24,26). The number of carbonyl (C=O) groups excluding carboxylic acids is 1. The first-order valence-electron chi connectivity index (χ1n) is 9.91. The Bertz CT molecular complexity index is 815. The molecule has 1 saturated heterocycles. The third-order valence-corrected chi connectivity index (χ3v) is 7.42. The molecule has 0 spiro atoms. The molecule has 2 amide bonds. The fourth-order valence-corrected chi connectivity index (χ4v) is 5.40. The Hall–Kier alpha value is -1.81. The van der Waals surface area contributed by atoms with Gasteiger partial charge in [-0.2, -0.15) is 17.5 Å². The van der Waals surface area contributed by atoms with E-state index in [4.69, 9.17) is 0 Å². The Balaban J connectivity index is 1.55. The van der Waals surface area contributed by atoms with Crippen molar-refractivity contribution in [1.29, 1.82) is 0 Å². The number of carbonyl (C=O) groups is 1. The normalized spacial score (nSPS) is 20.4. The van der Waals surface area contributed by atoms with Gasteiger partial charge in [0.15, 0.2) is 0 Å². The third kappa shape index (κ3) is 5.63. The highest BCUT2D eigenvalue weighted by molar-refractivity contribution is 7.89. The predicted molar refractivity (Wildman–Crippen MR) is 102 cm³/mol. The van der Waals surface area contributed by atoms with Gasteiger partial charge in [-0.1, -0.05) is 25.3 Å². The first-order valence-corrected chi connectivity index (χ1v) is 11.3. The van der Waals surface area contributed by atoms with E-state index in [0.29, 0.717) is 18.9 Å². The quantitative estimate of drug-likeness (QED) is 0.763. The average molecular weight is 433 g/mol. The molecule has 162 valence electrons. The lowest BCUT2D eigenvalue weighted by atomic mass is 9.96. The van der Waals surface area contributed by atoms with Crippen LogP contribution in [0.1, 0.15) is 50.5 Å². The predicted octanol–water partition coefficient (Wildman–Crippen LogP) is 3.49. The zero-order chi connectivity index (χ0) is 21.1. The van der Waals surface area contributed by atoms with Crippen LogP contribution in [0.25, 0.3) is 0 Å². The van der Waals surface area contributed by atoms with Gasteiger partial charge in [-0.3, -0.25) is 0 Å². The summed E-state index contributed by atoms with van der Waals surface area (Å²) in [6, 6.07) is 3.57. The van der Waals surface area contributed by atoms with Crippen molar-refractivity contribution in [3.8, 4) is 0 Å². The lowest BCUT2D eigenvalue weighted by Crippen LogP contribution is -2.51. The van der Waals surface area contributed by atoms with Crippen LogP contribution in [0, 0.1) is 0 Å². The summed E-state index contributed by atoms with van der Waals surface area (Å²) in [5, 5.41) is 5.85. The van der Waals surface area contributed by atoms with E-state index in [1.807, 2.05) is 0 Å². The van der Waals surface area contributed by atoms with Gasteiger partial charge in [-0.05, 0) is 43.9 Å². The minimum absolute atomic E-state index is 0.146. The SMILES string of the molecule is O=C(NC1CCCCC1)NC1CCN(S(=O)(=O)c2cccc(C(F)(F)F)c2)CC1. The number of piperidine rings is 1. The monoisotopic (exact) mass is 433 g/mol. The molecular formula is C19H26F3N3O3S. The van der Waals surface area contributed by atoms with Crippen LogP contribution in [-0.4, -0.2) is 43.9 Å². The first kappa shape index (κ1) is 21.9. The highest BCUT2D eigenvalue weighted by atomic mass is 32.2. The van der Waals surface area contributed by atoms with Crippen molar-refractivity contribution in [2.24, 2.45) is 0 Å². The van der Waals surface area contributed by atoms with Gasteiger partial charge in [0.2, 0.25) is 10.0 Å². The summed E-state index contributed by atoms with van der Waals surface area (Å²) in [6.45, 7) is 0.292. The van der Waals surface area contributed by atoms with Crippen molar-refractivity contribution in [3.05, 3.63) is 29.8 Å². The molecule has 1 aromatic rings. The van der Waals surface area contributed by atoms with Crippen molar-refractivity contribution in [1.82, 2.24) is 14.9 Å². The zero-order valence-corrected chi connectivity index (χ0v) is 16.9. The number of hydrogen-bond donors (Lipinski definition) is 2. The van der Waals surface area contributed by atoms with Crippen LogP contribution in [0.15, 0.2) is 29.2 Å². The van der Waals surface area contributed by atoms with Crippen LogP contribution >= 0.6 is 0 Å².